The molecule has 0 unspecified atom stereocenters. The Bertz CT molecular complexity index is 469. The van der Waals surface area contributed by atoms with Crippen molar-refractivity contribution in [3.05, 3.63) is 53.9 Å². The van der Waals surface area contributed by atoms with Crippen molar-refractivity contribution in [3.63, 3.8) is 0 Å². The van der Waals surface area contributed by atoms with Gasteiger partial charge in [0.2, 0.25) is 0 Å². The molecule has 0 bridgehead atoms. The highest BCUT2D eigenvalue weighted by molar-refractivity contribution is 9.09. The van der Waals surface area contributed by atoms with Gasteiger partial charge in [-0.3, -0.25) is 0 Å². The molecule has 0 saturated heterocycles. The van der Waals surface area contributed by atoms with E-state index in [2.05, 4.69) is 58.3 Å². The van der Waals surface area contributed by atoms with E-state index >= 15 is 0 Å². The second-order valence-electron chi connectivity index (χ2n) is 3.67. The van der Waals surface area contributed by atoms with Gasteiger partial charge in [-0.25, -0.2) is 4.68 Å². The summed E-state index contributed by atoms with van der Waals surface area (Å²) in [5.74, 6) is 0. The van der Waals surface area contributed by atoms with Gasteiger partial charge in [-0.05, 0) is 30.7 Å². The van der Waals surface area contributed by atoms with Crippen LogP contribution in [0.5, 0.6) is 0 Å². The molecule has 0 amide bonds. The lowest BCUT2D eigenvalue weighted by atomic mass is 10.1. The molecule has 0 N–H and O–H groups in total. The van der Waals surface area contributed by atoms with Gasteiger partial charge in [0.25, 0.3) is 0 Å². The van der Waals surface area contributed by atoms with E-state index in [0.29, 0.717) is 0 Å². The topological polar surface area (TPSA) is 17.8 Å². The normalized spacial score (nSPS) is 11.8. The van der Waals surface area contributed by atoms with Crippen molar-refractivity contribution < 1.29 is 0 Å². The van der Waals surface area contributed by atoms with Crippen molar-refractivity contribution in [2.24, 2.45) is 0 Å². The van der Waals surface area contributed by atoms with Crippen LogP contribution in [0.15, 0.2) is 48.3 Å². The zero-order valence-corrected chi connectivity index (χ0v) is 10.7. The van der Waals surface area contributed by atoms with Gasteiger partial charge < -0.3 is 0 Å². The molecule has 1 aromatic heterocycles. The molecule has 2 aromatic rings. The summed E-state index contributed by atoms with van der Waals surface area (Å²) >= 11 is 3.44. The van der Waals surface area contributed by atoms with Gasteiger partial charge in [-0.2, -0.15) is 5.10 Å². The van der Waals surface area contributed by atoms with Gasteiger partial charge >= 0.3 is 0 Å². The number of rotatable bonds is 3. The summed E-state index contributed by atoms with van der Waals surface area (Å²) in [7, 11) is 0. The molecule has 0 aliphatic rings. The van der Waals surface area contributed by atoms with Crippen molar-refractivity contribution in [2.45, 2.75) is 6.92 Å². The first-order valence-corrected chi connectivity index (χ1v) is 6.25. The number of benzene rings is 1. The number of allylic oxidation sites excluding steroid dienone is 1. The third-order valence-corrected chi connectivity index (χ3v) is 3.17. The highest BCUT2D eigenvalue weighted by Gasteiger charge is 1.95. The molecule has 0 atom stereocenters. The lowest BCUT2D eigenvalue weighted by Crippen LogP contribution is -1.93. The molecule has 2 nitrogen and oxygen atoms in total. The average molecular weight is 277 g/mol. The Balaban J connectivity index is 2.23. The Morgan fingerprint density at radius 3 is 2.69 bits per heavy atom. The summed E-state index contributed by atoms with van der Waals surface area (Å²) in [6.07, 6.45) is 5.89. The molecule has 0 aliphatic heterocycles. The standard InChI is InChI=1S/C13H13BrN2/c1-11(10-14)9-12-3-5-13(6-4-12)16-8-2-7-15-16/h2-9H,10H2,1H3. The molecule has 0 saturated carbocycles. The molecule has 16 heavy (non-hydrogen) atoms. The van der Waals surface area contributed by atoms with E-state index in [1.165, 1.54) is 11.1 Å². The molecular formula is C13H13BrN2. The van der Waals surface area contributed by atoms with Crippen LogP contribution in [-0.2, 0) is 0 Å². The van der Waals surface area contributed by atoms with E-state index in [0.717, 1.165) is 11.0 Å². The average Bonchev–Trinajstić information content (AvgIpc) is 2.83. The lowest BCUT2D eigenvalue weighted by Gasteiger charge is -2.02. The molecule has 0 aliphatic carbocycles. The first-order valence-electron chi connectivity index (χ1n) is 5.13. The van der Waals surface area contributed by atoms with Crippen LogP contribution in [0.1, 0.15) is 12.5 Å². The Labute approximate surface area is 104 Å². The molecule has 3 heteroatoms. The van der Waals surface area contributed by atoms with E-state index in [9.17, 15) is 0 Å². The fourth-order valence-corrected chi connectivity index (χ4v) is 1.63. The fourth-order valence-electron chi connectivity index (χ4n) is 1.47. The largest absolute Gasteiger partial charge is 0.241 e. The van der Waals surface area contributed by atoms with Crippen LogP contribution in [0.25, 0.3) is 11.8 Å². The third-order valence-electron chi connectivity index (χ3n) is 2.29. The maximum absolute atomic E-state index is 4.19. The SMILES string of the molecule is CC(=Cc1ccc(-n2cccn2)cc1)CBr. The zero-order chi connectivity index (χ0) is 11.4. The van der Waals surface area contributed by atoms with Crippen molar-refractivity contribution in [3.8, 4) is 5.69 Å². The molecule has 2 rings (SSSR count). The van der Waals surface area contributed by atoms with Gasteiger partial charge in [-0.15, -0.1) is 0 Å². The smallest absolute Gasteiger partial charge is 0.0645 e. The monoisotopic (exact) mass is 276 g/mol. The van der Waals surface area contributed by atoms with Crippen LogP contribution in [0, 0.1) is 0 Å². The summed E-state index contributed by atoms with van der Waals surface area (Å²) in [4.78, 5) is 0. The number of hydrogen-bond donors (Lipinski definition) is 0. The summed E-state index contributed by atoms with van der Waals surface area (Å²) in [5.41, 5.74) is 3.61. The summed E-state index contributed by atoms with van der Waals surface area (Å²) in [6, 6.07) is 10.3. The maximum Gasteiger partial charge on any atom is 0.0645 e. The second kappa shape index (κ2) is 5.12. The van der Waals surface area contributed by atoms with E-state index in [-0.39, 0.29) is 0 Å². The van der Waals surface area contributed by atoms with E-state index < -0.39 is 0 Å². The fraction of sp³-hybridized carbons (Fsp3) is 0.154. The van der Waals surface area contributed by atoms with Gasteiger partial charge in [0, 0.05) is 17.7 Å². The van der Waals surface area contributed by atoms with Crippen LogP contribution in [0.2, 0.25) is 0 Å². The Morgan fingerprint density at radius 2 is 2.12 bits per heavy atom. The van der Waals surface area contributed by atoms with Gasteiger partial charge in [-0.1, -0.05) is 39.7 Å². The summed E-state index contributed by atoms with van der Waals surface area (Å²) in [6.45, 7) is 2.11. The predicted octanol–water partition coefficient (Wildman–Crippen LogP) is 3.67. The van der Waals surface area contributed by atoms with Crippen molar-refractivity contribution >= 4 is 22.0 Å². The van der Waals surface area contributed by atoms with Gasteiger partial charge in [0.05, 0.1) is 5.69 Å². The maximum atomic E-state index is 4.19. The minimum absolute atomic E-state index is 0.911. The van der Waals surface area contributed by atoms with E-state index in [4.69, 9.17) is 0 Å². The number of alkyl halides is 1. The van der Waals surface area contributed by atoms with Crippen LogP contribution in [-0.4, -0.2) is 15.1 Å². The van der Waals surface area contributed by atoms with Crippen LogP contribution < -0.4 is 0 Å². The number of halogens is 1. The molecule has 1 aromatic carbocycles. The van der Waals surface area contributed by atoms with Gasteiger partial charge in [0.15, 0.2) is 0 Å². The van der Waals surface area contributed by atoms with Crippen molar-refractivity contribution in [2.75, 3.05) is 5.33 Å². The lowest BCUT2D eigenvalue weighted by molar-refractivity contribution is 0.880. The van der Waals surface area contributed by atoms with E-state index in [1.807, 2.05) is 16.9 Å². The predicted molar refractivity (Wildman–Crippen MR) is 71.0 cm³/mol. The Kier molecular flexibility index (Phi) is 3.57. The number of hydrogen-bond acceptors (Lipinski definition) is 1. The zero-order valence-electron chi connectivity index (χ0n) is 9.10. The molecule has 0 fully saturated rings. The van der Waals surface area contributed by atoms with Gasteiger partial charge in [0.1, 0.15) is 0 Å². The quantitative estimate of drug-likeness (QED) is 0.783. The molecule has 0 spiro atoms. The van der Waals surface area contributed by atoms with Crippen LogP contribution >= 0.6 is 15.9 Å². The second-order valence-corrected chi connectivity index (χ2v) is 4.23. The molecule has 0 radical (unpaired) electrons. The van der Waals surface area contributed by atoms with Crippen molar-refractivity contribution in [1.29, 1.82) is 0 Å². The van der Waals surface area contributed by atoms with Crippen molar-refractivity contribution in [1.82, 2.24) is 9.78 Å². The Morgan fingerprint density at radius 1 is 1.38 bits per heavy atom. The third kappa shape index (κ3) is 2.61. The van der Waals surface area contributed by atoms with Crippen LogP contribution in [0.4, 0.5) is 0 Å². The number of nitrogens with zero attached hydrogens (tertiary/aromatic N) is 2. The minimum atomic E-state index is 0.911. The highest BCUT2D eigenvalue weighted by atomic mass is 79.9. The molecule has 82 valence electrons. The highest BCUT2D eigenvalue weighted by Crippen LogP contribution is 2.12. The van der Waals surface area contributed by atoms with E-state index in [1.54, 1.807) is 6.20 Å². The Hall–Kier alpha value is -1.35. The summed E-state index contributed by atoms with van der Waals surface area (Å²) < 4.78 is 1.85. The first-order chi connectivity index (χ1) is 7.79. The summed E-state index contributed by atoms with van der Waals surface area (Å²) in [5, 5.41) is 5.10. The first kappa shape index (κ1) is 11.1. The molecular weight excluding hydrogens is 264 g/mol. The minimum Gasteiger partial charge on any atom is -0.241 e. The molecule has 1 heterocycles. The number of aromatic nitrogens is 2. The van der Waals surface area contributed by atoms with Crippen LogP contribution in [0.3, 0.4) is 0 Å².